The maximum absolute atomic E-state index is 12.2. The highest BCUT2D eigenvalue weighted by Crippen LogP contribution is 2.18. The molecular weight excluding hydrogens is 383 g/mol. The van der Waals surface area contributed by atoms with Crippen LogP contribution in [0, 0.1) is 0 Å². The number of nitrogens with one attached hydrogen (secondary N) is 1. The Labute approximate surface area is 157 Å². The molecule has 2 aromatic carbocycles. The van der Waals surface area contributed by atoms with E-state index >= 15 is 0 Å². The van der Waals surface area contributed by atoms with Crippen molar-refractivity contribution in [3.8, 4) is 0 Å². The van der Waals surface area contributed by atoms with E-state index in [2.05, 4.69) is 5.32 Å². The van der Waals surface area contributed by atoms with Gasteiger partial charge in [-0.25, -0.2) is 8.42 Å². The number of hydrogen-bond donors (Lipinski definition) is 1. The van der Waals surface area contributed by atoms with Gasteiger partial charge in [0.2, 0.25) is 15.9 Å². The largest absolute Gasteiger partial charge is 0.351 e. The van der Waals surface area contributed by atoms with E-state index in [1.165, 1.54) is 0 Å². The molecule has 0 radical (unpaired) electrons. The fraction of sp³-hybridized carbons (Fsp3) is 0.235. The van der Waals surface area contributed by atoms with Gasteiger partial charge in [-0.15, -0.1) is 0 Å². The van der Waals surface area contributed by atoms with Crippen LogP contribution in [0.5, 0.6) is 0 Å². The second-order valence-electron chi connectivity index (χ2n) is 5.49. The monoisotopic (exact) mass is 400 g/mol. The summed E-state index contributed by atoms with van der Waals surface area (Å²) in [6, 6.07) is 14.0. The molecule has 8 heteroatoms. The molecule has 0 unspecified atom stereocenters. The van der Waals surface area contributed by atoms with Crippen LogP contribution in [-0.2, 0) is 27.9 Å². The molecule has 2 aromatic rings. The first-order valence-electron chi connectivity index (χ1n) is 7.46. The Kier molecular flexibility index (Phi) is 6.84. The Morgan fingerprint density at radius 2 is 1.52 bits per heavy atom. The van der Waals surface area contributed by atoms with Gasteiger partial charge in [-0.3, -0.25) is 4.79 Å². The van der Waals surface area contributed by atoms with E-state index in [4.69, 9.17) is 23.2 Å². The number of sulfonamides is 1. The number of carbonyl (C=O) groups excluding carboxylic acids is 1. The minimum Gasteiger partial charge on any atom is -0.351 e. The fourth-order valence-corrected chi connectivity index (χ4v) is 3.28. The van der Waals surface area contributed by atoms with Gasteiger partial charge in [0.1, 0.15) is 0 Å². The Bertz CT molecular complexity index is 856. The van der Waals surface area contributed by atoms with Crippen molar-refractivity contribution in [1.82, 2.24) is 9.62 Å². The quantitative estimate of drug-likeness (QED) is 0.776. The first-order valence-corrected chi connectivity index (χ1v) is 10.1. The smallest absolute Gasteiger partial charge is 0.235 e. The van der Waals surface area contributed by atoms with Crippen LogP contribution in [0.25, 0.3) is 0 Å². The average Bonchev–Trinajstić information content (AvgIpc) is 2.54. The number of nitrogens with zero attached hydrogens (tertiary/aromatic N) is 1. The summed E-state index contributed by atoms with van der Waals surface area (Å²) < 4.78 is 25.1. The van der Waals surface area contributed by atoms with Gasteiger partial charge in [-0.05, 0) is 23.3 Å². The molecule has 25 heavy (non-hydrogen) atoms. The highest BCUT2D eigenvalue weighted by Gasteiger charge is 2.21. The number of carbonyl (C=O) groups is 1. The van der Waals surface area contributed by atoms with E-state index in [0.717, 1.165) is 16.1 Å². The van der Waals surface area contributed by atoms with Crippen molar-refractivity contribution in [3.05, 3.63) is 69.7 Å². The number of halogens is 2. The lowest BCUT2D eigenvalue weighted by Gasteiger charge is -2.20. The number of hydrogen-bond acceptors (Lipinski definition) is 3. The lowest BCUT2D eigenvalue weighted by atomic mass is 10.2. The van der Waals surface area contributed by atoms with Crippen LogP contribution >= 0.6 is 23.2 Å². The summed E-state index contributed by atoms with van der Waals surface area (Å²) in [5.74, 6) is -0.419. The van der Waals surface area contributed by atoms with E-state index < -0.39 is 15.9 Å². The molecule has 0 aliphatic heterocycles. The van der Waals surface area contributed by atoms with Crippen molar-refractivity contribution in [2.75, 3.05) is 12.8 Å². The molecule has 1 amide bonds. The van der Waals surface area contributed by atoms with E-state index in [9.17, 15) is 13.2 Å². The Balaban J connectivity index is 2.03. The van der Waals surface area contributed by atoms with Gasteiger partial charge in [0.25, 0.3) is 0 Å². The van der Waals surface area contributed by atoms with E-state index in [0.29, 0.717) is 15.6 Å². The second-order valence-corrected chi connectivity index (χ2v) is 8.29. The molecule has 0 aromatic heterocycles. The van der Waals surface area contributed by atoms with E-state index in [1.807, 2.05) is 6.07 Å². The van der Waals surface area contributed by atoms with Crippen LogP contribution in [0.2, 0.25) is 10.0 Å². The number of rotatable bonds is 7. The molecule has 0 aliphatic carbocycles. The average molecular weight is 401 g/mol. The third kappa shape index (κ3) is 6.01. The number of benzene rings is 2. The zero-order valence-electron chi connectivity index (χ0n) is 13.6. The van der Waals surface area contributed by atoms with E-state index in [-0.39, 0.29) is 19.6 Å². The first-order chi connectivity index (χ1) is 11.8. The van der Waals surface area contributed by atoms with Gasteiger partial charge in [0.05, 0.1) is 12.8 Å². The Hall–Kier alpha value is -1.60. The van der Waals surface area contributed by atoms with Gasteiger partial charge in [0.15, 0.2) is 0 Å². The Morgan fingerprint density at radius 1 is 1.00 bits per heavy atom. The van der Waals surface area contributed by atoms with Gasteiger partial charge < -0.3 is 5.32 Å². The Morgan fingerprint density at radius 3 is 2.04 bits per heavy atom. The normalized spacial score (nSPS) is 11.5. The lowest BCUT2D eigenvalue weighted by Crippen LogP contribution is -2.39. The summed E-state index contributed by atoms with van der Waals surface area (Å²) in [5.41, 5.74) is 1.39. The lowest BCUT2D eigenvalue weighted by molar-refractivity contribution is -0.121. The molecule has 0 heterocycles. The molecule has 0 spiro atoms. The van der Waals surface area contributed by atoms with Crippen LogP contribution in [0.1, 0.15) is 11.1 Å². The number of amides is 1. The third-order valence-corrected chi connectivity index (χ3v) is 5.46. The van der Waals surface area contributed by atoms with Crippen LogP contribution in [0.15, 0.2) is 48.5 Å². The van der Waals surface area contributed by atoms with E-state index in [1.54, 1.807) is 42.5 Å². The maximum Gasteiger partial charge on any atom is 0.235 e. The van der Waals surface area contributed by atoms with Crippen molar-refractivity contribution in [2.45, 2.75) is 13.1 Å². The summed E-state index contributed by atoms with van der Waals surface area (Å²) in [7, 11) is -3.58. The summed E-state index contributed by atoms with van der Waals surface area (Å²) >= 11 is 12.1. The second kappa shape index (κ2) is 8.67. The molecule has 2 rings (SSSR count). The summed E-state index contributed by atoms with van der Waals surface area (Å²) in [4.78, 5) is 12.2. The molecule has 0 aliphatic rings. The molecule has 0 bridgehead atoms. The van der Waals surface area contributed by atoms with Crippen molar-refractivity contribution in [2.24, 2.45) is 0 Å². The third-order valence-electron chi connectivity index (χ3n) is 3.53. The summed E-state index contributed by atoms with van der Waals surface area (Å²) in [5, 5.41) is 3.67. The molecule has 134 valence electrons. The predicted molar refractivity (Wildman–Crippen MR) is 100 cm³/mol. The summed E-state index contributed by atoms with van der Waals surface area (Å²) in [6.45, 7) is -0.0469. The highest BCUT2D eigenvalue weighted by atomic mass is 35.5. The predicted octanol–water partition coefficient (Wildman–Crippen LogP) is 3.07. The van der Waals surface area contributed by atoms with Gasteiger partial charge >= 0.3 is 0 Å². The fourth-order valence-electron chi connectivity index (χ4n) is 2.16. The van der Waals surface area contributed by atoms with Crippen LogP contribution < -0.4 is 5.32 Å². The van der Waals surface area contributed by atoms with Crippen molar-refractivity contribution in [1.29, 1.82) is 0 Å². The molecule has 0 saturated carbocycles. The van der Waals surface area contributed by atoms with Gasteiger partial charge in [-0.1, -0.05) is 59.6 Å². The van der Waals surface area contributed by atoms with Crippen LogP contribution in [0.3, 0.4) is 0 Å². The molecular formula is C17H18Cl2N2O3S. The topological polar surface area (TPSA) is 66.5 Å². The maximum atomic E-state index is 12.2. The molecule has 5 nitrogen and oxygen atoms in total. The van der Waals surface area contributed by atoms with Crippen molar-refractivity contribution in [3.63, 3.8) is 0 Å². The molecule has 1 N–H and O–H groups in total. The van der Waals surface area contributed by atoms with Crippen molar-refractivity contribution < 1.29 is 13.2 Å². The standard InChI is InChI=1S/C17H18Cl2N2O3S/c1-25(23,24)21(11-14-7-3-5-9-16(14)19)12-17(22)20-10-13-6-2-4-8-15(13)18/h2-9H,10-12H2,1H3,(H,20,22). The van der Waals surface area contributed by atoms with Crippen molar-refractivity contribution >= 4 is 39.1 Å². The highest BCUT2D eigenvalue weighted by molar-refractivity contribution is 7.88. The minimum atomic E-state index is -3.58. The molecule has 0 fully saturated rings. The van der Waals surface area contributed by atoms with Crippen LogP contribution in [-0.4, -0.2) is 31.4 Å². The first kappa shape index (κ1) is 19.7. The minimum absolute atomic E-state index is 0.0258. The van der Waals surface area contributed by atoms with Crippen LogP contribution in [0.4, 0.5) is 0 Å². The SMILES string of the molecule is CS(=O)(=O)N(CC(=O)NCc1ccccc1Cl)Cc1ccccc1Cl. The zero-order valence-corrected chi connectivity index (χ0v) is 15.9. The zero-order chi connectivity index (χ0) is 18.4. The molecule has 0 saturated heterocycles. The van der Waals surface area contributed by atoms with Gasteiger partial charge in [-0.2, -0.15) is 4.31 Å². The summed E-state index contributed by atoms with van der Waals surface area (Å²) in [6.07, 6.45) is 1.06. The molecule has 0 atom stereocenters. The van der Waals surface area contributed by atoms with Gasteiger partial charge in [0, 0.05) is 23.1 Å².